The number of hydrogen-bond acceptors (Lipinski definition) is 5. The van der Waals surface area contributed by atoms with Gasteiger partial charge >= 0.3 is 0 Å². The summed E-state index contributed by atoms with van der Waals surface area (Å²) in [5.74, 6) is -0.197. The van der Waals surface area contributed by atoms with Gasteiger partial charge in [0.15, 0.2) is 0 Å². The quantitative estimate of drug-likeness (QED) is 0.517. The maximum absolute atomic E-state index is 13.7. The van der Waals surface area contributed by atoms with E-state index >= 15 is 0 Å². The van der Waals surface area contributed by atoms with Gasteiger partial charge in [0.25, 0.3) is 5.91 Å². The van der Waals surface area contributed by atoms with E-state index in [1.807, 2.05) is 10.8 Å². The summed E-state index contributed by atoms with van der Waals surface area (Å²) in [5.41, 5.74) is 1.89. The highest BCUT2D eigenvalue weighted by atomic mass is 19.1. The number of aromatic nitrogens is 2. The molecule has 4 heterocycles. The number of nitrogens with zero attached hydrogens (tertiary/aromatic N) is 4. The van der Waals surface area contributed by atoms with Crippen LogP contribution in [-0.4, -0.2) is 83.5 Å². The van der Waals surface area contributed by atoms with Crippen molar-refractivity contribution in [3.63, 3.8) is 0 Å². The van der Waals surface area contributed by atoms with E-state index in [-0.39, 0.29) is 30.3 Å². The molecule has 1 saturated carbocycles. The van der Waals surface area contributed by atoms with Gasteiger partial charge in [0.2, 0.25) is 11.9 Å². The molecule has 2 aromatic heterocycles. The van der Waals surface area contributed by atoms with Crippen molar-refractivity contribution in [1.82, 2.24) is 30.0 Å². The lowest BCUT2D eigenvalue weighted by atomic mass is 9.83. The number of carbonyl (C=O) groups excluding carboxylic acids is 2. The number of halogens is 1. The van der Waals surface area contributed by atoms with E-state index in [1.54, 1.807) is 12.1 Å². The van der Waals surface area contributed by atoms with Crippen LogP contribution in [0.2, 0.25) is 0 Å². The van der Waals surface area contributed by atoms with E-state index in [2.05, 4.69) is 39.5 Å². The summed E-state index contributed by atoms with van der Waals surface area (Å²) in [6, 6.07) is 5.44. The molecule has 0 bridgehead atoms. The molecule has 5 rings (SSSR count). The monoisotopic (exact) mass is 524 g/mol. The van der Waals surface area contributed by atoms with Gasteiger partial charge in [-0.25, -0.2) is 4.98 Å². The Bertz CT molecular complexity index is 1120. The number of fused-ring (bicyclic) bond motifs is 1. The second kappa shape index (κ2) is 11.9. The molecule has 0 radical (unpaired) electrons. The first-order valence-electron chi connectivity index (χ1n) is 14.2. The molecule has 38 heavy (non-hydrogen) atoms. The molecule has 0 spiro atoms. The molecule has 0 unspecified atom stereocenters. The Kier molecular flexibility index (Phi) is 8.43. The summed E-state index contributed by atoms with van der Waals surface area (Å²) < 4.78 is 15.6. The molecule has 2 aliphatic heterocycles. The minimum atomic E-state index is -0.563. The fourth-order valence-corrected chi connectivity index (χ4v) is 6.50. The second-order valence-electron chi connectivity index (χ2n) is 11.5. The summed E-state index contributed by atoms with van der Waals surface area (Å²) in [6.45, 7) is 3.44. The molecule has 2 aromatic rings. The van der Waals surface area contributed by atoms with Gasteiger partial charge in [0.1, 0.15) is 5.69 Å². The molecule has 2 fully saturated rings. The zero-order valence-electron chi connectivity index (χ0n) is 22.7. The summed E-state index contributed by atoms with van der Waals surface area (Å²) in [5, 5.41) is 6.36. The van der Waals surface area contributed by atoms with E-state index in [9.17, 15) is 14.0 Å². The summed E-state index contributed by atoms with van der Waals surface area (Å²) in [6.07, 6.45) is 12.0. The number of amides is 2. The lowest BCUT2D eigenvalue weighted by Gasteiger charge is -2.39. The number of carbonyl (C=O) groups is 2. The normalized spacial score (nSPS) is 22.2. The Labute approximate surface area is 225 Å². The molecule has 1 aliphatic carbocycles. The molecule has 2 amide bonds. The molecule has 3 aliphatic rings. The highest BCUT2D eigenvalue weighted by molar-refractivity contribution is 5.95. The standard InChI is InChI=1S/C29H41FN6O2/c1-34(2)23-9-12-35(13-10-23)19-25(20-6-4-3-5-7-20)33-28(37)16-24-17-32-29(38)26-14-22(18-36(24)26)21-8-11-31-27(30)15-21/h8,11,14-15,18,20,23-25H,3-7,9-10,12-13,16-17,19H2,1-2H3,(H,32,38)(H,33,37)/t24-,25-/m1/s1. The van der Waals surface area contributed by atoms with Gasteiger partial charge in [0, 0.05) is 55.6 Å². The van der Waals surface area contributed by atoms with Crippen LogP contribution in [0.5, 0.6) is 0 Å². The maximum atomic E-state index is 13.7. The Hall–Kier alpha value is -2.78. The van der Waals surface area contributed by atoms with Crippen LogP contribution in [0.1, 0.15) is 67.9 Å². The lowest BCUT2D eigenvalue weighted by molar-refractivity contribution is -0.123. The van der Waals surface area contributed by atoms with Crippen LogP contribution in [0.3, 0.4) is 0 Å². The summed E-state index contributed by atoms with van der Waals surface area (Å²) >= 11 is 0. The molecule has 9 heteroatoms. The van der Waals surface area contributed by atoms with E-state index in [0.717, 1.165) is 25.2 Å². The van der Waals surface area contributed by atoms with Crippen LogP contribution in [0, 0.1) is 11.9 Å². The largest absolute Gasteiger partial charge is 0.352 e. The van der Waals surface area contributed by atoms with Crippen LogP contribution < -0.4 is 10.6 Å². The number of hydrogen-bond donors (Lipinski definition) is 2. The minimum absolute atomic E-state index is 0.0288. The van der Waals surface area contributed by atoms with Crippen molar-refractivity contribution in [3.8, 4) is 11.1 Å². The maximum Gasteiger partial charge on any atom is 0.268 e. The smallest absolute Gasteiger partial charge is 0.268 e. The molecule has 1 saturated heterocycles. The third-order valence-corrected chi connectivity index (χ3v) is 8.76. The van der Waals surface area contributed by atoms with Crippen molar-refractivity contribution in [1.29, 1.82) is 0 Å². The van der Waals surface area contributed by atoms with Gasteiger partial charge in [-0.05, 0) is 76.5 Å². The topological polar surface area (TPSA) is 82.5 Å². The number of likely N-dealkylation sites (tertiary alicyclic amines) is 1. The van der Waals surface area contributed by atoms with Crippen molar-refractivity contribution in [2.75, 3.05) is 40.3 Å². The van der Waals surface area contributed by atoms with Crippen molar-refractivity contribution in [2.24, 2.45) is 5.92 Å². The van der Waals surface area contributed by atoms with Gasteiger partial charge in [-0.1, -0.05) is 19.3 Å². The van der Waals surface area contributed by atoms with Gasteiger partial charge in [-0.2, -0.15) is 4.39 Å². The Morgan fingerprint density at radius 1 is 1.16 bits per heavy atom. The van der Waals surface area contributed by atoms with E-state index in [0.29, 0.717) is 29.8 Å². The highest BCUT2D eigenvalue weighted by Crippen LogP contribution is 2.30. The summed E-state index contributed by atoms with van der Waals surface area (Å²) in [7, 11) is 4.32. The number of piperidine rings is 1. The van der Waals surface area contributed by atoms with Crippen molar-refractivity contribution in [2.45, 2.75) is 69.5 Å². The van der Waals surface area contributed by atoms with Crippen LogP contribution in [0.4, 0.5) is 4.39 Å². The first kappa shape index (κ1) is 26.8. The third-order valence-electron chi connectivity index (χ3n) is 8.76. The zero-order chi connectivity index (χ0) is 26.6. The van der Waals surface area contributed by atoms with Crippen LogP contribution in [0.25, 0.3) is 11.1 Å². The predicted molar refractivity (Wildman–Crippen MR) is 145 cm³/mol. The second-order valence-corrected chi connectivity index (χ2v) is 11.5. The predicted octanol–water partition coefficient (Wildman–Crippen LogP) is 3.45. The lowest BCUT2D eigenvalue weighted by Crippen LogP contribution is -2.52. The zero-order valence-corrected chi connectivity index (χ0v) is 22.7. The molecular weight excluding hydrogens is 483 g/mol. The van der Waals surface area contributed by atoms with E-state index < -0.39 is 5.95 Å². The molecule has 206 valence electrons. The molecule has 0 aromatic carbocycles. The Balaban J connectivity index is 1.26. The van der Waals surface area contributed by atoms with Crippen LogP contribution in [-0.2, 0) is 4.79 Å². The molecule has 2 atom stereocenters. The fourth-order valence-electron chi connectivity index (χ4n) is 6.50. The van der Waals surface area contributed by atoms with Gasteiger partial charge in [-0.3, -0.25) is 9.59 Å². The number of pyridine rings is 1. The Morgan fingerprint density at radius 3 is 2.63 bits per heavy atom. The Morgan fingerprint density at radius 2 is 1.92 bits per heavy atom. The highest BCUT2D eigenvalue weighted by Gasteiger charge is 2.32. The SMILES string of the molecule is CN(C)C1CCN(C[C@@H](NC(=O)C[C@@H]2CNC(=O)c3cc(-c4ccnc(F)c4)cn32)C2CCCCC2)CC1. The van der Waals surface area contributed by atoms with Gasteiger partial charge in [0.05, 0.1) is 6.04 Å². The van der Waals surface area contributed by atoms with Crippen LogP contribution >= 0.6 is 0 Å². The van der Waals surface area contributed by atoms with Gasteiger partial charge in [-0.15, -0.1) is 0 Å². The molecule has 8 nitrogen and oxygen atoms in total. The third kappa shape index (κ3) is 6.26. The van der Waals surface area contributed by atoms with Crippen LogP contribution in [0.15, 0.2) is 30.6 Å². The van der Waals surface area contributed by atoms with E-state index in [4.69, 9.17) is 0 Å². The average Bonchev–Trinajstić information content (AvgIpc) is 3.38. The first-order chi connectivity index (χ1) is 18.4. The fraction of sp³-hybridized carbons (Fsp3) is 0.621. The van der Waals surface area contributed by atoms with Gasteiger partial charge < -0.3 is 25.0 Å². The minimum Gasteiger partial charge on any atom is -0.352 e. The average molecular weight is 525 g/mol. The molecular formula is C29H41FN6O2. The molecule has 2 N–H and O–H groups in total. The van der Waals surface area contributed by atoms with Crippen molar-refractivity contribution in [3.05, 3.63) is 42.2 Å². The van der Waals surface area contributed by atoms with Crippen molar-refractivity contribution >= 4 is 11.8 Å². The first-order valence-corrected chi connectivity index (χ1v) is 14.2. The number of nitrogens with one attached hydrogen (secondary N) is 2. The van der Waals surface area contributed by atoms with E-state index in [1.165, 1.54) is 57.2 Å². The number of rotatable bonds is 8. The summed E-state index contributed by atoms with van der Waals surface area (Å²) in [4.78, 5) is 34.5. The van der Waals surface area contributed by atoms with Crippen molar-refractivity contribution < 1.29 is 14.0 Å².